The summed E-state index contributed by atoms with van der Waals surface area (Å²) in [6.45, 7) is 6.33. The Morgan fingerprint density at radius 1 is 1.24 bits per heavy atom. The Morgan fingerprint density at radius 3 is 2.76 bits per heavy atom. The highest BCUT2D eigenvalue weighted by Gasteiger charge is 2.26. The van der Waals surface area contributed by atoms with E-state index in [4.69, 9.17) is 18.6 Å². The second-order valence-corrected chi connectivity index (χ2v) is 8.29. The van der Waals surface area contributed by atoms with Gasteiger partial charge in [-0.15, -0.1) is 5.92 Å². The molecule has 1 aliphatic carbocycles. The van der Waals surface area contributed by atoms with Crippen molar-refractivity contribution in [3.63, 3.8) is 0 Å². The number of carboxylic acid groups (broad SMARTS) is 1. The van der Waals surface area contributed by atoms with Crippen LogP contribution in [0.2, 0.25) is 0 Å². The van der Waals surface area contributed by atoms with Gasteiger partial charge in [-0.25, -0.2) is 9.78 Å². The zero-order valence-corrected chi connectivity index (χ0v) is 19.6. The van der Waals surface area contributed by atoms with E-state index in [0.29, 0.717) is 25.3 Å². The van der Waals surface area contributed by atoms with Crippen molar-refractivity contribution in [1.29, 1.82) is 0 Å². The molecule has 7 heteroatoms. The Labute approximate surface area is 195 Å². The predicted molar refractivity (Wildman–Crippen MR) is 124 cm³/mol. The van der Waals surface area contributed by atoms with E-state index in [0.717, 1.165) is 41.8 Å². The molecule has 1 saturated carbocycles. The number of aryl methyl sites for hydroxylation is 2. The summed E-state index contributed by atoms with van der Waals surface area (Å²) in [7, 11) is 0. The summed E-state index contributed by atoms with van der Waals surface area (Å²) in [6.07, 6.45) is 3.15. The third kappa shape index (κ3) is 7.71. The number of rotatable bonds is 10. The van der Waals surface area contributed by atoms with Crippen LogP contribution in [0.5, 0.6) is 0 Å². The maximum absolute atomic E-state index is 11.4. The number of aliphatic carboxylic acids is 1. The normalized spacial score (nSPS) is 19.0. The van der Waals surface area contributed by atoms with Crippen molar-refractivity contribution in [3.8, 4) is 23.3 Å². The minimum Gasteiger partial charge on any atom is -0.479 e. The molecule has 3 atom stereocenters. The molecule has 1 heterocycles. The van der Waals surface area contributed by atoms with Crippen LogP contribution in [0.25, 0.3) is 11.5 Å². The number of aromatic nitrogens is 1. The minimum atomic E-state index is -1.04. The molecule has 7 nitrogen and oxygen atoms in total. The fraction of sp³-hybridized carbons (Fsp3) is 0.538. The molecule has 3 rings (SSSR count). The topological polar surface area (TPSA) is 91.0 Å². The third-order valence-corrected chi connectivity index (χ3v) is 5.61. The number of nitrogens with zero attached hydrogens (tertiary/aromatic N) is 1. The average Bonchev–Trinajstić information content (AvgIpc) is 3.18. The van der Waals surface area contributed by atoms with Gasteiger partial charge in [-0.3, -0.25) is 0 Å². The molecule has 33 heavy (non-hydrogen) atoms. The Bertz CT molecular complexity index is 973. The quantitative estimate of drug-likeness (QED) is 0.520. The monoisotopic (exact) mass is 455 g/mol. The van der Waals surface area contributed by atoms with Crippen LogP contribution in [0.4, 0.5) is 0 Å². The first-order chi connectivity index (χ1) is 16.0. The largest absolute Gasteiger partial charge is 0.479 e. The van der Waals surface area contributed by atoms with E-state index in [2.05, 4.69) is 16.8 Å². The molecule has 178 valence electrons. The van der Waals surface area contributed by atoms with Crippen LogP contribution in [-0.4, -0.2) is 47.6 Å². The van der Waals surface area contributed by atoms with Gasteiger partial charge in [0.15, 0.2) is 6.10 Å². The van der Waals surface area contributed by atoms with Crippen molar-refractivity contribution >= 4 is 5.97 Å². The highest BCUT2D eigenvalue weighted by Crippen LogP contribution is 2.27. The van der Waals surface area contributed by atoms with E-state index in [9.17, 15) is 9.90 Å². The molecule has 1 aliphatic rings. The fourth-order valence-corrected chi connectivity index (χ4v) is 3.80. The van der Waals surface area contributed by atoms with Crippen molar-refractivity contribution < 1.29 is 28.5 Å². The first-order valence-corrected chi connectivity index (χ1v) is 11.5. The van der Waals surface area contributed by atoms with E-state index in [1.165, 1.54) is 0 Å². The summed E-state index contributed by atoms with van der Waals surface area (Å²) >= 11 is 0. The molecule has 3 unspecified atom stereocenters. The first kappa shape index (κ1) is 25.0. The predicted octanol–water partition coefficient (Wildman–Crippen LogP) is 4.69. The zero-order chi connectivity index (χ0) is 23.6. The van der Waals surface area contributed by atoms with E-state index in [-0.39, 0.29) is 25.4 Å². The van der Waals surface area contributed by atoms with Gasteiger partial charge in [0.25, 0.3) is 0 Å². The van der Waals surface area contributed by atoms with E-state index in [1.54, 1.807) is 0 Å². The molecule has 0 bridgehead atoms. The molecule has 1 aromatic heterocycles. The highest BCUT2D eigenvalue weighted by molar-refractivity contribution is 5.72. The van der Waals surface area contributed by atoms with Crippen molar-refractivity contribution in [2.45, 2.75) is 77.8 Å². The smallest absolute Gasteiger partial charge is 0.335 e. The lowest BCUT2D eigenvalue weighted by Gasteiger charge is -2.29. The van der Waals surface area contributed by atoms with Crippen LogP contribution in [0.1, 0.15) is 56.0 Å². The van der Waals surface area contributed by atoms with Gasteiger partial charge in [0.05, 0.1) is 25.4 Å². The second kappa shape index (κ2) is 12.5. The standard InChI is InChI=1S/C26H33NO6/c1-4-5-6-13-30-24(26(28)29)17-32-22-12-8-11-21(15-22)31-16-23-19(3)33-25(27-23)20-10-7-9-18(2)14-20/h7,9-10,14,21-22,24H,4,8,11-13,15-17H2,1-3H3,(H,28,29). The van der Waals surface area contributed by atoms with Gasteiger partial charge in [-0.2, -0.15) is 0 Å². The molecule has 0 saturated heterocycles. The lowest BCUT2D eigenvalue weighted by Crippen LogP contribution is -2.34. The molecular weight excluding hydrogens is 422 g/mol. The van der Waals surface area contributed by atoms with Gasteiger partial charge in [0, 0.05) is 12.0 Å². The number of carbonyl (C=O) groups is 1. The van der Waals surface area contributed by atoms with Gasteiger partial charge >= 0.3 is 5.97 Å². The molecule has 1 aromatic carbocycles. The Kier molecular flexibility index (Phi) is 9.49. The number of ether oxygens (including phenoxy) is 3. The van der Waals surface area contributed by atoms with Gasteiger partial charge in [0.1, 0.15) is 18.1 Å². The number of hydrogen-bond donors (Lipinski definition) is 1. The second-order valence-electron chi connectivity index (χ2n) is 8.29. The number of hydrogen-bond acceptors (Lipinski definition) is 6. The minimum absolute atomic E-state index is 0.00275. The number of oxazole rings is 1. The van der Waals surface area contributed by atoms with Crippen molar-refractivity contribution in [3.05, 3.63) is 41.3 Å². The molecular formula is C26H33NO6. The van der Waals surface area contributed by atoms with Gasteiger partial charge in [-0.1, -0.05) is 30.5 Å². The molecule has 0 amide bonds. The van der Waals surface area contributed by atoms with Crippen LogP contribution in [0, 0.1) is 25.7 Å². The Balaban J connectivity index is 1.48. The maximum atomic E-state index is 11.4. The van der Waals surface area contributed by atoms with Crippen molar-refractivity contribution in [2.75, 3.05) is 13.2 Å². The lowest BCUT2D eigenvalue weighted by molar-refractivity contribution is -0.156. The molecule has 2 aromatic rings. The Morgan fingerprint density at radius 2 is 2.03 bits per heavy atom. The van der Waals surface area contributed by atoms with Crippen molar-refractivity contribution in [2.24, 2.45) is 0 Å². The van der Waals surface area contributed by atoms with E-state index < -0.39 is 12.1 Å². The number of carboxylic acids is 1. The lowest BCUT2D eigenvalue weighted by atomic mass is 9.95. The van der Waals surface area contributed by atoms with Gasteiger partial charge < -0.3 is 23.7 Å². The zero-order valence-electron chi connectivity index (χ0n) is 19.6. The van der Waals surface area contributed by atoms with Crippen LogP contribution >= 0.6 is 0 Å². The van der Waals surface area contributed by atoms with Crippen LogP contribution < -0.4 is 0 Å². The summed E-state index contributed by atoms with van der Waals surface area (Å²) in [5, 5.41) is 9.35. The Hall–Kier alpha value is -2.66. The molecule has 1 fully saturated rings. The summed E-state index contributed by atoms with van der Waals surface area (Å²) in [5.74, 6) is 5.97. The van der Waals surface area contributed by atoms with Gasteiger partial charge in [-0.05, 0) is 51.7 Å². The molecule has 0 spiro atoms. The summed E-state index contributed by atoms with van der Waals surface area (Å²) in [4.78, 5) is 16.1. The number of benzene rings is 1. The highest BCUT2D eigenvalue weighted by atomic mass is 16.6. The molecule has 0 aliphatic heterocycles. The summed E-state index contributed by atoms with van der Waals surface area (Å²) in [5.41, 5.74) is 2.90. The van der Waals surface area contributed by atoms with E-state index >= 15 is 0 Å². The first-order valence-electron chi connectivity index (χ1n) is 11.5. The van der Waals surface area contributed by atoms with Gasteiger partial charge in [0.2, 0.25) is 5.89 Å². The van der Waals surface area contributed by atoms with Crippen LogP contribution in [-0.2, 0) is 25.6 Å². The fourth-order valence-electron chi connectivity index (χ4n) is 3.80. The molecule has 0 radical (unpaired) electrons. The summed E-state index contributed by atoms with van der Waals surface area (Å²) in [6, 6.07) is 8.05. The maximum Gasteiger partial charge on any atom is 0.335 e. The average molecular weight is 456 g/mol. The van der Waals surface area contributed by atoms with Crippen LogP contribution in [0.3, 0.4) is 0 Å². The third-order valence-electron chi connectivity index (χ3n) is 5.61. The SMILES string of the molecule is CCC#CCOC(COC1CCCC(OCc2nc(-c3cccc(C)c3)oc2C)C1)C(=O)O. The summed E-state index contributed by atoms with van der Waals surface area (Å²) < 4.78 is 23.2. The van der Waals surface area contributed by atoms with Crippen LogP contribution in [0.15, 0.2) is 28.7 Å². The van der Waals surface area contributed by atoms with E-state index in [1.807, 2.05) is 45.0 Å². The van der Waals surface area contributed by atoms with Crippen molar-refractivity contribution in [1.82, 2.24) is 4.98 Å². The molecule has 1 N–H and O–H groups in total.